The third-order valence-corrected chi connectivity index (χ3v) is 3.68. The summed E-state index contributed by atoms with van der Waals surface area (Å²) in [6.45, 7) is 1.27. The van der Waals surface area contributed by atoms with E-state index < -0.39 is 0 Å². The third kappa shape index (κ3) is 6.99. The van der Waals surface area contributed by atoms with E-state index in [0.717, 1.165) is 17.5 Å². The molecule has 0 radical (unpaired) electrons. The second-order valence-electron chi connectivity index (χ2n) is 5.42. The Morgan fingerprint density at radius 1 is 1.04 bits per heavy atom. The van der Waals surface area contributed by atoms with Crippen molar-refractivity contribution in [1.82, 2.24) is 10.6 Å². The molecular formula is C19H23FIN3O2. The molecule has 2 rings (SSSR count). The van der Waals surface area contributed by atoms with E-state index in [1.165, 1.54) is 19.2 Å². The quantitative estimate of drug-likeness (QED) is 0.294. The lowest BCUT2D eigenvalue weighted by molar-refractivity contribution is 0.0600. The van der Waals surface area contributed by atoms with Gasteiger partial charge in [0.05, 0.1) is 12.7 Å². The highest BCUT2D eigenvalue weighted by Crippen LogP contribution is 2.06. The highest BCUT2D eigenvalue weighted by molar-refractivity contribution is 14.0. The Kier molecular flexibility index (Phi) is 9.64. The van der Waals surface area contributed by atoms with Crippen LogP contribution in [-0.4, -0.2) is 32.6 Å². The Morgan fingerprint density at radius 3 is 2.23 bits per heavy atom. The number of rotatable bonds is 6. The molecule has 0 amide bonds. The minimum absolute atomic E-state index is 0. The summed E-state index contributed by atoms with van der Waals surface area (Å²) in [5.41, 5.74) is 2.60. The number of hydrogen-bond acceptors (Lipinski definition) is 3. The molecule has 0 saturated carbocycles. The first kappa shape index (κ1) is 21.9. The van der Waals surface area contributed by atoms with Crippen molar-refractivity contribution in [1.29, 1.82) is 0 Å². The van der Waals surface area contributed by atoms with Crippen LogP contribution in [-0.2, 0) is 17.7 Å². The fourth-order valence-corrected chi connectivity index (χ4v) is 2.26. The number of carbonyl (C=O) groups is 1. The lowest BCUT2D eigenvalue weighted by atomic mass is 10.1. The summed E-state index contributed by atoms with van der Waals surface area (Å²) in [5, 5.41) is 6.42. The molecule has 0 aromatic heterocycles. The van der Waals surface area contributed by atoms with E-state index in [1.807, 2.05) is 12.1 Å². The van der Waals surface area contributed by atoms with Gasteiger partial charge in [0.15, 0.2) is 5.96 Å². The molecule has 7 heteroatoms. The number of nitrogens with zero attached hydrogens (tertiary/aromatic N) is 1. The molecule has 0 fully saturated rings. The first-order valence-electron chi connectivity index (χ1n) is 7.98. The molecule has 0 aliphatic carbocycles. The van der Waals surface area contributed by atoms with Gasteiger partial charge in [-0.2, -0.15) is 0 Å². The van der Waals surface area contributed by atoms with Crippen LogP contribution >= 0.6 is 24.0 Å². The average molecular weight is 471 g/mol. The zero-order valence-corrected chi connectivity index (χ0v) is 17.1. The zero-order chi connectivity index (χ0) is 18.1. The topological polar surface area (TPSA) is 62.7 Å². The first-order chi connectivity index (χ1) is 12.1. The molecule has 140 valence electrons. The monoisotopic (exact) mass is 471 g/mol. The maximum absolute atomic E-state index is 12.9. The number of benzene rings is 2. The number of hydrogen-bond donors (Lipinski definition) is 2. The summed E-state index contributed by atoms with van der Waals surface area (Å²) in [6.07, 6.45) is 0.773. The standard InChI is InChI=1S/C19H22FN3O2.HI/c1-21-19(22-12-11-14-5-9-17(20)10-6-14)23-13-15-3-7-16(8-4-15)18(24)25-2;/h3-10H,11-13H2,1-2H3,(H2,21,22,23);1H. The van der Waals surface area contributed by atoms with Crippen molar-refractivity contribution in [3.63, 3.8) is 0 Å². The third-order valence-electron chi connectivity index (χ3n) is 3.68. The molecule has 2 N–H and O–H groups in total. The van der Waals surface area contributed by atoms with Gasteiger partial charge in [0.2, 0.25) is 0 Å². The van der Waals surface area contributed by atoms with Crippen molar-refractivity contribution >= 4 is 35.9 Å². The molecular weight excluding hydrogens is 448 g/mol. The van der Waals surface area contributed by atoms with Crippen LogP contribution in [0.3, 0.4) is 0 Å². The molecule has 2 aromatic carbocycles. The van der Waals surface area contributed by atoms with Crippen LogP contribution in [0, 0.1) is 5.82 Å². The fraction of sp³-hybridized carbons (Fsp3) is 0.263. The molecule has 0 spiro atoms. The van der Waals surface area contributed by atoms with Crippen LogP contribution < -0.4 is 10.6 Å². The highest BCUT2D eigenvalue weighted by Gasteiger charge is 2.04. The summed E-state index contributed by atoms with van der Waals surface area (Å²) in [5.74, 6) is 0.101. The van der Waals surface area contributed by atoms with E-state index in [2.05, 4.69) is 20.4 Å². The van der Waals surface area contributed by atoms with Gasteiger partial charge in [-0.05, 0) is 41.8 Å². The van der Waals surface area contributed by atoms with Gasteiger partial charge < -0.3 is 15.4 Å². The summed E-state index contributed by atoms with van der Waals surface area (Å²) in [6, 6.07) is 13.7. The zero-order valence-electron chi connectivity index (χ0n) is 14.8. The second-order valence-corrected chi connectivity index (χ2v) is 5.42. The van der Waals surface area contributed by atoms with E-state index >= 15 is 0 Å². The Morgan fingerprint density at radius 2 is 1.65 bits per heavy atom. The van der Waals surface area contributed by atoms with Gasteiger partial charge in [-0.25, -0.2) is 9.18 Å². The van der Waals surface area contributed by atoms with Gasteiger partial charge >= 0.3 is 5.97 Å². The summed E-state index contributed by atoms with van der Waals surface area (Å²) in [7, 11) is 3.06. The van der Waals surface area contributed by atoms with Gasteiger partial charge in [-0.15, -0.1) is 24.0 Å². The highest BCUT2D eigenvalue weighted by atomic mass is 127. The van der Waals surface area contributed by atoms with Crippen LogP contribution in [0.1, 0.15) is 21.5 Å². The van der Waals surface area contributed by atoms with E-state index in [4.69, 9.17) is 0 Å². The number of ether oxygens (including phenoxy) is 1. The van der Waals surface area contributed by atoms with E-state index in [0.29, 0.717) is 24.6 Å². The summed E-state index contributed by atoms with van der Waals surface area (Å²) in [4.78, 5) is 15.6. The van der Waals surface area contributed by atoms with Gasteiger partial charge in [-0.1, -0.05) is 24.3 Å². The summed E-state index contributed by atoms with van der Waals surface area (Å²) >= 11 is 0. The second kappa shape index (κ2) is 11.5. The Bertz CT molecular complexity index is 719. The van der Waals surface area contributed by atoms with Crippen LogP contribution in [0.15, 0.2) is 53.5 Å². The first-order valence-corrected chi connectivity index (χ1v) is 7.98. The normalized spacial score (nSPS) is 10.7. The number of esters is 1. The predicted octanol–water partition coefficient (Wildman–Crippen LogP) is 3.14. The van der Waals surface area contributed by atoms with Crippen molar-refractivity contribution in [2.45, 2.75) is 13.0 Å². The van der Waals surface area contributed by atoms with Gasteiger partial charge in [0.1, 0.15) is 5.82 Å². The molecule has 0 saturated heterocycles. The van der Waals surface area contributed by atoms with Crippen molar-refractivity contribution in [3.8, 4) is 0 Å². The van der Waals surface area contributed by atoms with Gasteiger partial charge in [0, 0.05) is 20.1 Å². The smallest absolute Gasteiger partial charge is 0.337 e. The van der Waals surface area contributed by atoms with Crippen molar-refractivity contribution in [3.05, 3.63) is 71.0 Å². The minimum atomic E-state index is -0.349. The molecule has 0 heterocycles. The van der Waals surface area contributed by atoms with Crippen molar-refractivity contribution in [2.24, 2.45) is 4.99 Å². The maximum atomic E-state index is 12.9. The largest absolute Gasteiger partial charge is 0.465 e. The molecule has 0 aliphatic heterocycles. The summed E-state index contributed by atoms with van der Waals surface area (Å²) < 4.78 is 17.5. The van der Waals surface area contributed by atoms with Crippen LogP contribution in [0.2, 0.25) is 0 Å². The molecule has 26 heavy (non-hydrogen) atoms. The molecule has 0 aliphatic rings. The maximum Gasteiger partial charge on any atom is 0.337 e. The molecule has 5 nitrogen and oxygen atoms in total. The average Bonchev–Trinajstić information content (AvgIpc) is 2.65. The molecule has 2 aromatic rings. The molecule has 0 unspecified atom stereocenters. The number of aliphatic imine (C=N–C) groups is 1. The molecule has 0 atom stereocenters. The fourth-order valence-electron chi connectivity index (χ4n) is 2.26. The van der Waals surface area contributed by atoms with Crippen molar-refractivity contribution < 1.29 is 13.9 Å². The Balaban J connectivity index is 0.00000338. The van der Waals surface area contributed by atoms with Gasteiger partial charge in [-0.3, -0.25) is 4.99 Å². The number of nitrogens with one attached hydrogen (secondary N) is 2. The predicted molar refractivity (Wildman–Crippen MR) is 112 cm³/mol. The Labute approximate surface area is 170 Å². The molecule has 0 bridgehead atoms. The van der Waals surface area contributed by atoms with Crippen LogP contribution in [0.5, 0.6) is 0 Å². The Hall–Kier alpha value is -2.16. The minimum Gasteiger partial charge on any atom is -0.465 e. The van der Waals surface area contributed by atoms with Crippen LogP contribution in [0.25, 0.3) is 0 Å². The van der Waals surface area contributed by atoms with Crippen LogP contribution in [0.4, 0.5) is 4.39 Å². The number of halogens is 2. The SMILES string of the molecule is CN=C(NCCc1ccc(F)cc1)NCc1ccc(C(=O)OC)cc1.I. The lowest BCUT2D eigenvalue weighted by Crippen LogP contribution is -2.37. The van der Waals surface area contributed by atoms with E-state index in [1.54, 1.807) is 31.3 Å². The van der Waals surface area contributed by atoms with E-state index in [9.17, 15) is 9.18 Å². The number of methoxy groups -OCH3 is 1. The lowest BCUT2D eigenvalue weighted by Gasteiger charge is -2.12. The van der Waals surface area contributed by atoms with E-state index in [-0.39, 0.29) is 35.8 Å². The van der Waals surface area contributed by atoms with Gasteiger partial charge in [0.25, 0.3) is 0 Å². The number of guanidine groups is 1. The van der Waals surface area contributed by atoms with Crippen molar-refractivity contribution in [2.75, 3.05) is 20.7 Å². The number of carbonyl (C=O) groups excluding carboxylic acids is 1.